The zero-order valence-corrected chi connectivity index (χ0v) is 13.2. The van der Waals surface area contributed by atoms with E-state index in [1.165, 1.54) is 57.4 Å². The molecule has 2 saturated heterocycles. The van der Waals surface area contributed by atoms with Crippen molar-refractivity contribution in [3.63, 3.8) is 0 Å². The van der Waals surface area contributed by atoms with Gasteiger partial charge in [-0.15, -0.1) is 0 Å². The molecule has 2 aliphatic rings. The number of aryl methyl sites for hydroxylation is 1. The first kappa shape index (κ1) is 14.9. The van der Waals surface area contributed by atoms with Crippen LogP contribution in [0.3, 0.4) is 0 Å². The number of benzene rings is 1. The van der Waals surface area contributed by atoms with E-state index in [4.69, 9.17) is 4.74 Å². The summed E-state index contributed by atoms with van der Waals surface area (Å²) >= 11 is 0. The summed E-state index contributed by atoms with van der Waals surface area (Å²) < 4.78 is 5.88. The van der Waals surface area contributed by atoms with Crippen LogP contribution < -0.4 is 10.1 Å². The van der Waals surface area contributed by atoms with Crippen LogP contribution in [0.5, 0.6) is 5.75 Å². The smallest absolute Gasteiger partial charge is 0.119 e. The molecular weight excluding hydrogens is 260 g/mol. The van der Waals surface area contributed by atoms with Crippen molar-refractivity contribution < 1.29 is 4.74 Å². The van der Waals surface area contributed by atoms with Crippen molar-refractivity contribution in [2.24, 2.45) is 5.41 Å². The largest absolute Gasteiger partial charge is 0.492 e. The van der Waals surface area contributed by atoms with Crippen LogP contribution in [0.2, 0.25) is 0 Å². The Morgan fingerprint density at radius 2 is 2.00 bits per heavy atom. The Bertz CT molecular complexity index is 432. The van der Waals surface area contributed by atoms with Gasteiger partial charge in [0.15, 0.2) is 0 Å². The Hall–Kier alpha value is -1.06. The van der Waals surface area contributed by atoms with Gasteiger partial charge in [-0.05, 0) is 63.2 Å². The van der Waals surface area contributed by atoms with Crippen LogP contribution in [0.25, 0.3) is 0 Å². The first-order valence-electron chi connectivity index (χ1n) is 8.38. The predicted octanol–water partition coefficient (Wildman–Crippen LogP) is 2.84. The van der Waals surface area contributed by atoms with Crippen LogP contribution in [-0.4, -0.2) is 44.2 Å². The second kappa shape index (κ2) is 6.80. The lowest BCUT2D eigenvalue weighted by Gasteiger charge is -2.45. The van der Waals surface area contributed by atoms with E-state index in [2.05, 4.69) is 41.4 Å². The molecular formula is C18H28N2O. The van der Waals surface area contributed by atoms with Gasteiger partial charge in [-0.3, -0.25) is 4.90 Å². The molecule has 1 N–H and O–H groups in total. The van der Waals surface area contributed by atoms with E-state index in [1.807, 2.05) is 0 Å². The van der Waals surface area contributed by atoms with Crippen molar-refractivity contribution in [1.29, 1.82) is 0 Å². The average molecular weight is 288 g/mol. The molecule has 1 unspecified atom stereocenters. The Morgan fingerprint density at radius 3 is 2.76 bits per heavy atom. The molecule has 3 heteroatoms. The van der Waals surface area contributed by atoms with Gasteiger partial charge in [0.25, 0.3) is 0 Å². The lowest BCUT2D eigenvalue weighted by molar-refractivity contribution is 0.0563. The molecule has 116 valence electrons. The molecule has 1 aromatic carbocycles. The van der Waals surface area contributed by atoms with Crippen LogP contribution in [0.1, 0.15) is 31.2 Å². The Labute approximate surface area is 128 Å². The van der Waals surface area contributed by atoms with Crippen molar-refractivity contribution in [2.45, 2.75) is 32.6 Å². The number of nitrogens with zero attached hydrogens (tertiary/aromatic N) is 1. The molecule has 1 atom stereocenters. The second-order valence-corrected chi connectivity index (χ2v) is 6.82. The third-order valence-electron chi connectivity index (χ3n) is 5.00. The molecule has 3 nitrogen and oxygen atoms in total. The maximum Gasteiger partial charge on any atom is 0.119 e. The molecule has 2 aliphatic heterocycles. The molecule has 3 rings (SSSR count). The molecule has 1 aromatic rings. The zero-order valence-electron chi connectivity index (χ0n) is 13.2. The van der Waals surface area contributed by atoms with Crippen molar-refractivity contribution in [3.05, 3.63) is 29.8 Å². The van der Waals surface area contributed by atoms with Gasteiger partial charge in [-0.2, -0.15) is 0 Å². The van der Waals surface area contributed by atoms with E-state index in [1.54, 1.807) is 0 Å². The molecule has 2 fully saturated rings. The minimum absolute atomic E-state index is 0.542. The first-order valence-corrected chi connectivity index (χ1v) is 8.38. The number of nitrogens with one attached hydrogen (secondary N) is 1. The second-order valence-electron chi connectivity index (χ2n) is 6.82. The number of hydrogen-bond donors (Lipinski definition) is 1. The van der Waals surface area contributed by atoms with Crippen molar-refractivity contribution in [3.8, 4) is 5.75 Å². The molecule has 21 heavy (non-hydrogen) atoms. The summed E-state index contributed by atoms with van der Waals surface area (Å²) in [5.74, 6) is 0.992. The van der Waals surface area contributed by atoms with E-state index in [-0.39, 0.29) is 0 Å². The molecule has 0 radical (unpaired) electrons. The standard InChI is InChI=1S/C18H28N2O/c1-16-4-6-17(7-5-16)21-13-12-20-11-3-9-18(15-20)8-2-10-19-14-18/h4-7,19H,2-3,8-15H2,1H3. The molecule has 0 aliphatic carbocycles. The van der Waals surface area contributed by atoms with E-state index in [9.17, 15) is 0 Å². The Morgan fingerprint density at radius 1 is 1.19 bits per heavy atom. The van der Waals surface area contributed by atoms with Gasteiger partial charge in [-0.1, -0.05) is 17.7 Å². The summed E-state index contributed by atoms with van der Waals surface area (Å²) in [6.07, 6.45) is 5.48. The average Bonchev–Trinajstić information content (AvgIpc) is 2.50. The highest BCUT2D eigenvalue weighted by Gasteiger charge is 2.36. The lowest BCUT2D eigenvalue weighted by atomic mass is 9.74. The fourth-order valence-electron chi connectivity index (χ4n) is 3.81. The Balaban J connectivity index is 1.45. The van der Waals surface area contributed by atoms with E-state index >= 15 is 0 Å². The quantitative estimate of drug-likeness (QED) is 0.922. The highest BCUT2D eigenvalue weighted by molar-refractivity contribution is 5.26. The summed E-state index contributed by atoms with van der Waals surface area (Å²) in [5.41, 5.74) is 1.82. The number of ether oxygens (including phenoxy) is 1. The summed E-state index contributed by atoms with van der Waals surface area (Å²) in [4.78, 5) is 2.60. The predicted molar refractivity (Wildman–Crippen MR) is 86.9 cm³/mol. The van der Waals surface area contributed by atoms with E-state index < -0.39 is 0 Å². The van der Waals surface area contributed by atoms with Gasteiger partial charge in [0.05, 0.1) is 0 Å². The van der Waals surface area contributed by atoms with Gasteiger partial charge >= 0.3 is 0 Å². The van der Waals surface area contributed by atoms with Gasteiger partial charge in [0.1, 0.15) is 12.4 Å². The topological polar surface area (TPSA) is 24.5 Å². The van der Waals surface area contributed by atoms with Crippen molar-refractivity contribution in [2.75, 3.05) is 39.3 Å². The summed E-state index contributed by atoms with van der Waals surface area (Å²) in [6.45, 7) is 8.86. The fourth-order valence-corrected chi connectivity index (χ4v) is 3.81. The summed E-state index contributed by atoms with van der Waals surface area (Å²) in [5, 5.41) is 3.60. The Kier molecular flexibility index (Phi) is 4.81. The third-order valence-corrected chi connectivity index (χ3v) is 5.00. The van der Waals surface area contributed by atoms with Gasteiger partial charge < -0.3 is 10.1 Å². The van der Waals surface area contributed by atoms with Crippen LogP contribution in [0.4, 0.5) is 0 Å². The van der Waals surface area contributed by atoms with Gasteiger partial charge in [0.2, 0.25) is 0 Å². The minimum atomic E-state index is 0.542. The maximum absolute atomic E-state index is 5.88. The van der Waals surface area contributed by atoms with Gasteiger partial charge in [-0.25, -0.2) is 0 Å². The molecule has 1 spiro atoms. The first-order chi connectivity index (χ1) is 10.3. The van der Waals surface area contributed by atoms with Crippen LogP contribution >= 0.6 is 0 Å². The SMILES string of the molecule is Cc1ccc(OCCN2CCCC3(CCCNC3)C2)cc1. The lowest BCUT2D eigenvalue weighted by Crippen LogP contribution is -2.51. The number of likely N-dealkylation sites (tertiary alicyclic amines) is 1. The number of piperidine rings is 2. The van der Waals surface area contributed by atoms with Crippen molar-refractivity contribution >= 4 is 0 Å². The monoisotopic (exact) mass is 288 g/mol. The van der Waals surface area contributed by atoms with E-state index in [0.717, 1.165) is 18.9 Å². The highest BCUT2D eigenvalue weighted by Crippen LogP contribution is 2.35. The molecule has 0 amide bonds. The third kappa shape index (κ3) is 3.98. The highest BCUT2D eigenvalue weighted by atomic mass is 16.5. The van der Waals surface area contributed by atoms with Crippen LogP contribution in [0, 0.1) is 12.3 Å². The normalized spacial score (nSPS) is 26.9. The molecule has 2 heterocycles. The fraction of sp³-hybridized carbons (Fsp3) is 0.667. The molecule has 0 saturated carbocycles. The summed E-state index contributed by atoms with van der Waals surface area (Å²) in [6, 6.07) is 8.36. The number of rotatable bonds is 4. The minimum Gasteiger partial charge on any atom is -0.492 e. The van der Waals surface area contributed by atoms with Crippen molar-refractivity contribution in [1.82, 2.24) is 10.2 Å². The van der Waals surface area contributed by atoms with Gasteiger partial charge in [0, 0.05) is 19.6 Å². The van der Waals surface area contributed by atoms with E-state index in [0.29, 0.717) is 5.41 Å². The zero-order chi connectivity index (χ0) is 14.5. The molecule has 0 aromatic heterocycles. The van der Waals surface area contributed by atoms with Crippen LogP contribution in [0.15, 0.2) is 24.3 Å². The van der Waals surface area contributed by atoms with Crippen LogP contribution in [-0.2, 0) is 0 Å². The molecule has 0 bridgehead atoms. The maximum atomic E-state index is 5.88. The summed E-state index contributed by atoms with van der Waals surface area (Å²) in [7, 11) is 0. The number of hydrogen-bond acceptors (Lipinski definition) is 3.